The lowest BCUT2D eigenvalue weighted by Gasteiger charge is -2.03. The third-order valence-electron chi connectivity index (χ3n) is 2.70. The fourth-order valence-corrected chi connectivity index (χ4v) is 1.70. The summed E-state index contributed by atoms with van der Waals surface area (Å²) in [5, 5.41) is 3.05. The molecule has 1 N–H and O–H groups in total. The van der Waals surface area contributed by atoms with E-state index in [2.05, 4.69) is 5.32 Å². The van der Waals surface area contributed by atoms with Crippen LogP contribution >= 0.6 is 0 Å². The quantitative estimate of drug-likeness (QED) is 0.810. The van der Waals surface area contributed by atoms with E-state index in [9.17, 15) is 4.79 Å². The van der Waals surface area contributed by atoms with Crippen molar-refractivity contribution in [2.75, 3.05) is 12.4 Å². The number of ketones is 1. The van der Waals surface area contributed by atoms with Crippen molar-refractivity contribution in [3.05, 3.63) is 65.7 Å². The van der Waals surface area contributed by atoms with Gasteiger partial charge in [0.1, 0.15) is 0 Å². The monoisotopic (exact) mass is 225 g/mol. The molecule has 0 aliphatic carbocycles. The molecule has 0 radical (unpaired) electrons. The number of benzene rings is 2. The molecule has 0 atom stereocenters. The van der Waals surface area contributed by atoms with Crippen LogP contribution in [-0.4, -0.2) is 12.8 Å². The van der Waals surface area contributed by atoms with Crippen LogP contribution in [0.2, 0.25) is 0 Å². The molecule has 0 saturated carbocycles. The first-order valence-corrected chi connectivity index (χ1v) is 5.64. The minimum Gasteiger partial charge on any atom is -0.388 e. The summed E-state index contributed by atoms with van der Waals surface area (Å²) in [4.78, 5) is 12.0. The van der Waals surface area contributed by atoms with Gasteiger partial charge in [-0.1, -0.05) is 42.5 Å². The minimum atomic E-state index is 0.155. The van der Waals surface area contributed by atoms with Gasteiger partial charge in [0.2, 0.25) is 0 Å². The van der Waals surface area contributed by atoms with Gasteiger partial charge in [-0.2, -0.15) is 0 Å². The Hall–Kier alpha value is -2.09. The molecule has 2 heteroatoms. The summed E-state index contributed by atoms with van der Waals surface area (Å²) < 4.78 is 0. The average Bonchev–Trinajstić information content (AvgIpc) is 2.40. The molecule has 0 bridgehead atoms. The van der Waals surface area contributed by atoms with Crippen molar-refractivity contribution in [3.63, 3.8) is 0 Å². The predicted molar refractivity (Wildman–Crippen MR) is 70.5 cm³/mol. The molecular weight excluding hydrogens is 210 g/mol. The zero-order chi connectivity index (χ0) is 12.1. The van der Waals surface area contributed by atoms with Gasteiger partial charge in [0.15, 0.2) is 5.78 Å². The number of nitrogens with one attached hydrogen (secondary N) is 1. The maximum Gasteiger partial charge on any atom is 0.167 e. The maximum atomic E-state index is 12.0. The lowest BCUT2D eigenvalue weighted by Crippen LogP contribution is -2.03. The second-order valence-corrected chi connectivity index (χ2v) is 3.91. The summed E-state index contributed by atoms with van der Waals surface area (Å²) in [6, 6.07) is 17.3. The fraction of sp³-hybridized carbons (Fsp3) is 0.133. The van der Waals surface area contributed by atoms with Crippen molar-refractivity contribution in [3.8, 4) is 0 Å². The van der Waals surface area contributed by atoms with Gasteiger partial charge in [-0.25, -0.2) is 0 Å². The van der Waals surface area contributed by atoms with Gasteiger partial charge < -0.3 is 5.32 Å². The van der Waals surface area contributed by atoms with Crippen LogP contribution in [0.15, 0.2) is 54.6 Å². The number of Topliss-reactive ketones (excluding diaryl/α,β-unsaturated/α-hetero) is 1. The van der Waals surface area contributed by atoms with Gasteiger partial charge in [0.25, 0.3) is 0 Å². The molecule has 2 nitrogen and oxygen atoms in total. The highest BCUT2D eigenvalue weighted by molar-refractivity contribution is 5.97. The Bertz CT molecular complexity index is 488. The number of rotatable bonds is 4. The molecule has 0 amide bonds. The molecule has 0 saturated heterocycles. The van der Waals surface area contributed by atoms with E-state index in [0.717, 1.165) is 16.8 Å². The standard InChI is InChI=1S/C15H15NO/c1-16-14-9-7-12(8-10-14)11-15(17)13-5-3-2-4-6-13/h2-10,16H,11H2,1H3. The summed E-state index contributed by atoms with van der Waals surface area (Å²) in [5.74, 6) is 0.155. The number of carbonyl (C=O) groups is 1. The van der Waals surface area contributed by atoms with E-state index in [0.29, 0.717) is 6.42 Å². The Balaban J connectivity index is 2.08. The van der Waals surface area contributed by atoms with Crippen molar-refractivity contribution in [2.24, 2.45) is 0 Å². The molecule has 0 unspecified atom stereocenters. The normalized spacial score (nSPS) is 9.94. The van der Waals surface area contributed by atoms with Gasteiger partial charge in [-0.05, 0) is 17.7 Å². The smallest absolute Gasteiger partial charge is 0.167 e. The van der Waals surface area contributed by atoms with Crippen LogP contribution in [0.1, 0.15) is 15.9 Å². The number of hydrogen-bond donors (Lipinski definition) is 1. The summed E-state index contributed by atoms with van der Waals surface area (Å²) in [7, 11) is 1.88. The van der Waals surface area contributed by atoms with Crippen LogP contribution in [0.25, 0.3) is 0 Å². The highest BCUT2D eigenvalue weighted by atomic mass is 16.1. The minimum absolute atomic E-state index is 0.155. The Morgan fingerprint density at radius 1 is 1.00 bits per heavy atom. The van der Waals surface area contributed by atoms with Gasteiger partial charge in [0.05, 0.1) is 0 Å². The summed E-state index contributed by atoms with van der Waals surface area (Å²) >= 11 is 0. The lowest BCUT2D eigenvalue weighted by molar-refractivity contribution is 0.0993. The first-order chi connectivity index (χ1) is 8.29. The molecule has 0 spiro atoms. The molecule has 17 heavy (non-hydrogen) atoms. The molecule has 0 fully saturated rings. The summed E-state index contributed by atoms with van der Waals surface area (Å²) in [6.07, 6.45) is 0.452. The van der Waals surface area contributed by atoms with Gasteiger partial charge in [0, 0.05) is 24.7 Å². The molecule has 2 aromatic carbocycles. The Morgan fingerprint density at radius 2 is 1.65 bits per heavy atom. The first kappa shape index (κ1) is 11.4. The van der Waals surface area contributed by atoms with Gasteiger partial charge >= 0.3 is 0 Å². The Morgan fingerprint density at radius 3 is 2.24 bits per heavy atom. The van der Waals surface area contributed by atoms with E-state index in [-0.39, 0.29) is 5.78 Å². The predicted octanol–water partition coefficient (Wildman–Crippen LogP) is 3.15. The lowest BCUT2D eigenvalue weighted by atomic mass is 10.0. The molecule has 0 aliphatic heterocycles. The van der Waals surface area contributed by atoms with Crippen molar-refractivity contribution in [1.29, 1.82) is 0 Å². The van der Waals surface area contributed by atoms with Crippen molar-refractivity contribution in [2.45, 2.75) is 6.42 Å². The molecule has 2 aromatic rings. The van der Waals surface area contributed by atoms with Crippen LogP contribution in [0, 0.1) is 0 Å². The zero-order valence-corrected chi connectivity index (χ0v) is 9.81. The fourth-order valence-electron chi connectivity index (χ4n) is 1.70. The van der Waals surface area contributed by atoms with Crippen LogP contribution in [0.4, 0.5) is 5.69 Å². The molecule has 0 aliphatic rings. The molecule has 86 valence electrons. The Labute approximate surface area is 101 Å². The molecular formula is C15H15NO. The van der Waals surface area contributed by atoms with E-state index in [1.165, 1.54) is 0 Å². The van der Waals surface area contributed by atoms with Crippen LogP contribution in [0.3, 0.4) is 0 Å². The molecule has 0 aromatic heterocycles. The average molecular weight is 225 g/mol. The third-order valence-corrected chi connectivity index (χ3v) is 2.70. The summed E-state index contributed by atoms with van der Waals surface area (Å²) in [5.41, 5.74) is 2.86. The largest absolute Gasteiger partial charge is 0.388 e. The highest BCUT2D eigenvalue weighted by Gasteiger charge is 2.05. The van der Waals surface area contributed by atoms with E-state index in [4.69, 9.17) is 0 Å². The van der Waals surface area contributed by atoms with E-state index < -0.39 is 0 Å². The van der Waals surface area contributed by atoms with Crippen molar-refractivity contribution < 1.29 is 4.79 Å². The van der Waals surface area contributed by atoms with Crippen LogP contribution in [0.5, 0.6) is 0 Å². The Kier molecular flexibility index (Phi) is 3.55. The summed E-state index contributed by atoms with van der Waals surface area (Å²) in [6.45, 7) is 0. The van der Waals surface area contributed by atoms with Crippen LogP contribution < -0.4 is 5.32 Å². The number of carbonyl (C=O) groups excluding carboxylic acids is 1. The molecule has 0 heterocycles. The highest BCUT2D eigenvalue weighted by Crippen LogP contribution is 2.11. The number of hydrogen-bond acceptors (Lipinski definition) is 2. The van der Waals surface area contributed by atoms with E-state index >= 15 is 0 Å². The van der Waals surface area contributed by atoms with Gasteiger partial charge in [-0.15, -0.1) is 0 Å². The maximum absolute atomic E-state index is 12.0. The van der Waals surface area contributed by atoms with E-state index in [1.807, 2.05) is 61.6 Å². The van der Waals surface area contributed by atoms with Crippen molar-refractivity contribution in [1.82, 2.24) is 0 Å². The van der Waals surface area contributed by atoms with Crippen LogP contribution in [-0.2, 0) is 6.42 Å². The second-order valence-electron chi connectivity index (χ2n) is 3.91. The second kappa shape index (κ2) is 5.30. The van der Waals surface area contributed by atoms with E-state index in [1.54, 1.807) is 0 Å². The van der Waals surface area contributed by atoms with Gasteiger partial charge in [-0.3, -0.25) is 4.79 Å². The SMILES string of the molecule is CNc1ccc(CC(=O)c2ccccc2)cc1. The topological polar surface area (TPSA) is 29.1 Å². The third kappa shape index (κ3) is 2.94. The molecule has 2 rings (SSSR count). The first-order valence-electron chi connectivity index (χ1n) is 5.64. The van der Waals surface area contributed by atoms with Crippen molar-refractivity contribution >= 4 is 11.5 Å². The zero-order valence-electron chi connectivity index (χ0n) is 9.81. The number of anilines is 1.